The summed E-state index contributed by atoms with van der Waals surface area (Å²) < 4.78 is 25.1. The average molecular weight is 234 g/mol. The number of hydrogen-bond donors (Lipinski definition) is 3. The maximum atomic E-state index is 12.5. The molecule has 15 heavy (non-hydrogen) atoms. The van der Waals surface area contributed by atoms with Gasteiger partial charge in [0.2, 0.25) is 0 Å². The molecule has 84 valence electrons. The molecule has 1 aromatic carbocycles. The van der Waals surface area contributed by atoms with E-state index in [9.17, 15) is 19.0 Å². The second kappa shape index (κ2) is 5.44. The first-order valence-corrected chi connectivity index (χ1v) is 5.05. The van der Waals surface area contributed by atoms with Crippen molar-refractivity contribution in [1.29, 1.82) is 0 Å². The van der Waals surface area contributed by atoms with E-state index >= 15 is 0 Å². The summed E-state index contributed by atoms with van der Waals surface area (Å²) in [6, 6.07) is 5.60. The Labute approximate surface area is 92.0 Å². The number of hydrogen-bond acceptors (Lipinski definition) is 3. The molecule has 0 heterocycles. The van der Waals surface area contributed by atoms with Crippen molar-refractivity contribution in [3.05, 3.63) is 35.4 Å². The van der Waals surface area contributed by atoms with Crippen molar-refractivity contribution in [2.45, 2.75) is 18.6 Å². The molecule has 2 nitrogen and oxygen atoms in total. The van der Waals surface area contributed by atoms with E-state index in [1.807, 2.05) is 0 Å². The van der Waals surface area contributed by atoms with Gasteiger partial charge in [-0.05, 0) is 5.56 Å². The Kier molecular flexibility index (Phi) is 4.50. The molecule has 0 aromatic heterocycles. The van der Waals surface area contributed by atoms with E-state index in [1.165, 1.54) is 24.3 Å². The summed E-state index contributed by atoms with van der Waals surface area (Å²) in [5.41, 5.74) is -0.208. The van der Waals surface area contributed by atoms with Gasteiger partial charge in [-0.3, -0.25) is 0 Å². The van der Waals surface area contributed by atoms with Gasteiger partial charge >= 0.3 is 0 Å². The van der Waals surface area contributed by atoms with E-state index < -0.39 is 18.6 Å². The molecule has 5 heteroatoms. The molecular weight excluding hydrogens is 222 g/mol. The lowest BCUT2D eigenvalue weighted by Crippen LogP contribution is -2.21. The molecule has 0 bridgehead atoms. The molecule has 1 rings (SSSR count). The van der Waals surface area contributed by atoms with Crippen molar-refractivity contribution in [3.8, 4) is 0 Å². The highest BCUT2D eigenvalue weighted by atomic mass is 32.1. The van der Waals surface area contributed by atoms with Gasteiger partial charge in [0.05, 0.1) is 6.10 Å². The zero-order chi connectivity index (χ0) is 11.4. The smallest absolute Gasteiger partial charge is 0.264 e. The Hall–Kier alpha value is -0.650. The van der Waals surface area contributed by atoms with Gasteiger partial charge in [0, 0.05) is 11.3 Å². The predicted molar refractivity (Wildman–Crippen MR) is 56.2 cm³/mol. The lowest BCUT2D eigenvalue weighted by Gasteiger charge is -2.19. The van der Waals surface area contributed by atoms with E-state index in [4.69, 9.17) is 0 Å². The summed E-state index contributed by atoms with van der Waals surface area (Å²) in [6.45, 7) is 0. The van der Waals surface area contributed by atoms with Gasteiger partial charge in [-0.1, -0.05) is 24.3 Å². The largest absolute Gasteiger partial charge is 0.389 e. The summed E-state index contributed by atoms with van der Waals surface area (Å²) in [7, 11) is 0. The molecule has 2 N–H and O–H groups in total. The number of thiol groups is 1. The van der Waals surface area contributed by atoms with Crippen LogP contribution in [-0.2, 0) is 0 Å². The first-order valence-electron chi connectivity index (χ1n) is 4.42. The molecule has 0 aliphatic heterocycles. The van der Waals surface area contributed by atoms with Crippen molar-refractivity contribution < 1.29 is 19.0 Å². The minimum Gasteiger partial charge on any atom is -0.389 e. The fourth-order valence-corrected chi connectivity index (χ4v) is 1.49. The fourth-order valence-electron chi connectivity index (χ4n) is 1.29. The van der Waals surface area contributed by atoms with Crippen LogP contribution in [0, 0.1) is 0 Å². The number of aliphatic hydroxyl groups excluding tert-OH is 2. The highest BCUT2D eigenvalue weighted by Crippen LogP contribution is 2.28. The van der Waals surface area contributed by atoms with Gasteiger partial charge in [0.25, 0.3) is 6.43 Å². The summed E-state index contributed by atoms with van der Waals surface area (Å²) >= 11 is 3.79. The Bertz CT molecular complexity index is 320. The van der Waals surface area contributed by atoms with Crippen LogP contribution in [0.25, 0.3) is 0 Å². The van der Waals surface area contributed by atoms with Gasteiger partial charge in [0.15, 0.2) is 0 Å². The third-order valence-corrected chi connectivity index (χ3v) is 2.48. The normalized spacial score (nSPS) is 15.3. The summed E-state index contributed by atoms with van der Waals surface area (Å²) in [5, 5.41) is 18.9. The van der Waals surface area contributed by atoms with E-state index in [2.05, 4.69) is 12.6 Å². The van der Waals surface area contributed by atoms with Crippen molar-refractivity contribution in [2.24, 2.45) is 0 Å². The molecule has 0 fully saturated rings. The molecule has 0 aliphatic carbocycles. The third kappa shape index (κ3) is 2.90. The Morgan fingerprint density at radius 3 is 2.13 bits per heavy atom. The average Bonchev–Trinajstić information content (AvgIpc) is 2.27. The van der Waals surface area contributed by atoms with Gasteiger partial charge in [0.1, 0.15) is 6.10 Å². The van der Waals surface area contributed by atoms with Gasteiger partial charge < -0.3 is 10.2 Å². The molecule has 0 aliphatic rings. The SMILES string of the molecule is OC(CS)C(O)c1ccccc1C(F)F. The quantitative estimate of drug-likeness (QED) is 0.697. The number of halogens is 2. The summed E-state index contributed by atoms with van der Waals surface area (Å²) in [6.07, 6.45) is -5.14. The number of benzene rings is 1. The van der Waals surface area contributed by atoms with E-state index in [0.717, 1.165) is 0 Å². The van der Waals surface area contributed by atoms with Crippen molar-refractivity contribution >= 4 is 12.6 Å². The molecule has 0 radical (unpaired) electrons. The summed E-state index contributed by atoms with van der Waals surface area (Å²) in [5.74, 6) is 0.0126. The molecule has 2 atom stereocenters. The molecule has 2 unspecified atom stereocenters. The van der Waals surface area contributed by atoms with E-state index in [0.29, 0.717) is 0 Å². The van der Waals surface area contributed by atoms with Crippen LogP contribution in [0.1, 0.15) is 23.7 Å². The molecule has 0 saturated carbocycles. The van der Waals surface area contributed by atoms with Gasteiger partial charge in [-0.2, -0.15) is 12.6 Å². The van der Waals surface area contributed by atoms with Crippen LogP contribution in [0.15, 0.2) is 24.3 Å². The molecule has 0 amide bonds. The van der Waals surface area contributed by atoms with Crippen LogP contribution >= 0.6 is 12.6 Å². The van der Waals surface area contributed by atoms with Crippen molar-refractivity contribution in [1.82, 2.24) is 0 Å². The Morgan fingerprint density at radius 1 is 1.13 bits per heavy atom. The zero-order valence-corrected chi connectivity index (χ0v) is 8.74. The number of alkyl halides is 2. The van der Waals surface area contributed by atoms with Crippen molar-refractivity contribution in [3.63, 3.8) is 0 Å². The van der Waals surface area contributed by atoms with Crippen LogP contribution in [0.5, 0.6) is 0 Å². The molecule has 0 spiro atoms. The second-order valence-electron chi connectivity index (χ2n) is 3.12. The Morgan fingerprint density at radius 2 is 1.67 bits per heavy atom. The predicted octanol–water partition coefficient (Wildman–Crippen LogP) is 1.95. The highest BCUT2D eigenvalue weighted by molar-refractivity contribution is 7.80. The third-order valence-electron chi connectivity index (χ3n) is 2.10. The lowest BCUT2D eigenvalue weighted by molar-refractivity contribution is 0.0305. The second-order valence-corrected chi connectivity index (χ2v) is 3.49. The van der Waals surface area contributed by atoms with Crippen molar-refractivity contribution in [2.75, 3.05) is 5.75 Å². The fraction of sp³-hybridized carbons (Fsp3) is 0.400. The molecule has 0 saturated heterocycles. The topological polar surface area (TPSA) is 40.5 Å². The number of aliphatic hydroxyl groups is 2. The van der Waals surface area contributed by atoms with Crippen LogP contribution in [-0.4, -0.2) is 22.1 Å². The van der Waals surface area contributed by atoms with Crippen LogP contribution in [0.2, 0.25) is 0 Å². The first-order chi connectivity index (χ1) is 7.07. The van der Waals surface area contributed by atoms with E-state index in [1.54, 1.807) is 0 Å². The minimum atomic E-state index is -2.66. The summed E-state index contributed by atoms with van der Waals surface area (Å²) in [4.78, 5) is 0. The number of rotatable bonds is 4. The van der Waals surface area contributed by atoms with E-state index in [-0.39, 0.29) is 16.9 Å². The standard InChI is InChI=1S/C10H12F2O2S/c11-10(12)7-4-2-1-3-6(7)9(14)8(13)5-15/h1-4,8-10,13-15H,5H2. The highest BCUT2D eigenvalue weighted by Gasteiger charge is 2.22. The van der Waals surface area contributed by atoms with Crippen LogP contribution in [0.4, 0.5) is 8.78 Å². The minimum absolute atomic E-state index is 0.0126. The van der Waals surface area contributed by atoms with Crippen LogP contribution in [0.3, 0.4) is 0 Å². The zero-order valence-electron chi connectivity index (χ0n) is 7.85. The first kappa shape index (κ1) is 12.4. The van der Waals surface area contributed by atoms with Gasteiger partial charge in [-0.25, -0.2) is 8.78 Å². The maximum Gasteiger partial charge on any atom is 0.264 e. The van der Waals surface area contributed by atoms with Gasteiger partial charge in [-0.15, -0.1) is 0 Å². The lowest BCUT2D eigenvalue weighted by atomic mass is 9.99. The molecular formula is C10H12F2O2S. The monoisotopic (exact) mass is 234 g/mol. The molecule has 1 aromatic rings. The van der Waals surface area contributed by atoms with Crippen LogP contribution < -0.4 is 0 Å². The Balaban J connectivity index is 3.02. The maximum absolute atomic E-state index is 12.5.